The van der Waals surface area contributed by atoms with Gasteiger partial charge in [-0.25, -0.2) is 4.98 Å². The van der Waals surface area contributed by atoms with Gasteiger partial charge in [0.15, 0.2) is 10.8 Å². The van der Waals surface area contributed by atoms with Gasteiger partial charge in [0.1, 0.15) is 0 Å². The van der Waals surface area contributed by atoms with E-state index < -0.39 is 0 Å². The number of hydrogen-bond donors (Lipinski definition) is 0. The first-order valence-corrected chi connectivity index (χ1v) is 5.51. The molecule has 0 aliphatic rings. The number of aromatic nitrogens is 1. The van der Waals surface area contributed by atoms with E-state index in [1.165, 1.54) is 11.3 Å². The van der Waals surface area contributed by atoms with Crippen LogP contribution in [0.5, 0.6) is 0 Å². The number of carbonyl (C=O) groups excluding carboxylic acids is 1. The number of carbonyl (C=O) groups is 1. The third-order valence-electron chi connectivity index (χ3n) is 1.87. The predicted molar refractivity (Wildman–Crippen MR) is 55.3 cm³/mol. The maximum Gasteiger partial charge on any atom is 0.191 e. The summed E-state index contributed by atoms with van der Waals surface area (Å²) in [6.45, 7) is 4.11. The lowest BCUT2D eigenvalue weighted by Gasteiger charge is -1.94. The van der Waals surface area contributed by atoms with E-state index in [1.807, 2.05) is 6.92 Å². The zero-order valence-corrected chi connectivity index (χ0v) is 8.99. The normalized spacial score (nSPS) is 10.3. The van der Waals surface area contributed by atoms with E-state index in [9.17, 15) is 4.79 Å². The van der Waals surface area contributed by atoms with Gasteiger partial charge in [-0.1, -0.05) is 19.8 Å². The van der Waals surface area contributed by atoms with E-state index in [-0.39, 0.29) is 5.78 Å². The topological polar surface area (TPSA) is 30.0 Å². The van der Waals surface area contributed by atoms with E-state index in [2.05, 4.69) is 11.9 Å². The van der Waals surface area contributed by atoms with E-state index in [4.69, 9.17) is 0 Å². The molecular formula is C10H15NOS. The molecule has 1 aromatic rings. The molecule has 0 amide bonds. The number of rotatable bonds is 5. The van der Waals surface area contributed by atoms with Crippen molar-refractivity contribution < 1.29 is 4.79 Å². The van der Waals surface area contributed by atoms with Crippen molar-refractivity contribution in [3.63, 3.8) is 0 Å². The lowest BCUT2D eigenvalue weighted by molar-refractivity contribution is 0.0979. The highest BCUT2D eigenvalue weighted by atomic mass is 32.1. The fourth-order valence-electron chi connectivity index (χ4n) is 1.13. The van der Waals surface area contributed by atoms with Crippen LogP contribution in [0.3, 0.4) is 0 Å². The van der Waals surface area contributed by atoms with Crippen LogP contribution in [0.4, 0.5) is 0 Å². The van der Waals surface area contributed by atoms with Crippen LogP contribution in [0, 0.1) is 6.92 Å². The fourth-order valence-corrected chi connectivity index (χ4v) is 1.86. The summed E-state index contributed by atoms with van der Waals surface area (Å²) < 4.78 is 0. The van der Waals surface area contributed by atoms with Crippen LogP contribution >= 0.6 is 11.3 Å². The van der Waals surface area contributed by atoms with Gasteiger partial charge < -0.3 is 0 Å². The Hall–Kier alpha value is -0.700. The first-order chi connectivity index (χ1) is 6.24. The number of Topliss-reactive ketones (excluding diaryl/α,β-unsaturated/α-hetero) is 1. The van der Waals surface area contributed by atoms with Crippen molar-refractivity contribution in [2.75, 3.05) is 0 Å². The Kier molecular flexibility index (Phi) is 4.09. The lowest BCUT2D eigenvalue weighted by Crippen LogP contribution is -1.97. The highest BCUT2D eigenvalue weighted by molar-refractivity contribution is 7.13. The zero-order valence-electron chi connectivity index (χ0n) is 8.17. The van der Waals surface area contributed by atoms with Crippen molar-refractivity contribution in [3.8, 4) is 0 Å². The van der Waals surface area contributed by atoms with Crippen molar-refractivity contribution in [3.05, 3.63) is 16.1 Å². The van der Waals surface area contributed by atoms with Gasteiger partial charge in [-0.15, -0.1) is 11.3 Å². The Morgan fingerprint density at radius 1 is 1.54 bits per heavy atom. The molecule has 1 aromatic heterocycles. The van der Waals surface area contributed by atoms with Gasteiger partial charge in [-0.3, -0.25) is 4.79 Å². The Morgan fingerprint density at radius 2 is 2.31 bits per heavy atom. The summed E-state index contributed by atoms with van der Waals surface area (Å²) >= 11 is 1.49. The first-order valence-electron chi connectivity index (χ1n) is 4.69. The highest BCUT2D eigenvalue weighted by Crippen LogP contribution is 2.14. The molecule has 1 heterocycles. The van der Waals surface area contributed by atoms with Gasteiger partial charge in [-0.2, -0.15) is 0 Å². The van der Waals surface area contributed by atoms with Crippen LogP contribution in [-0.2, 0) is 0 Å². The molecule has 0 saturated carbocycles. The van der Waals surface area contributed by atoms with E-state index in [0.29, 0.717) is 11.4 Å². The van der Waals surface area contributed by atoms with Gasteiger partial charge in [0.25, 0.3) is 0 Å². The number of ketones is 1. The van der Waals surface area contributed by atoms with Crippen molar-refractivity contribution >= 4 is 17.1 Å². The second-order valence-corrected chi connectivity index (χ2v) is 4.39. The van der Waals surface area contributed by atoms with Crippen molar-refractivity contribution in [1.29, 1.82) is 0 Å². The van der Waals surface area contributed by atoms with Crippen LogP contribution in [0.15, 0.2) is 6.20 Å². The molecule has 0 aromatic carbocycles. The van der Waals surface area contributed by atoms with Gasteiger partial charge in [-0.05, 0) is 13.3 Å². The second-order valence-electron chi connectivity index (χ2n) is 3.16. The van der Waals surface area contributed by atoms with Crippen molar-refractivity contribution in [2.45, 2.75) is 39.5 Å². The molecule has 0 radical (unpaired) electrons. The average molecular weight is 197 g/mol. The molecular weight excluding hydrogens is 182 g/mol. The van der Waals surface area contributed by atoms with Crippen LogP contribution in [0.25, 0.3) is 0 Å². The Labute approximate surface area is 83.0 Å². The van der Waals surface area contributed by atoms with Gasteiger partial charge >= 0.3 is 0 Å². The molecule has 72 valence electrons. The zero-order chi connectivity index (χ0) is 9.68. The third kappa shape index (κ3) is 3.27. The molecule has 0 atom stereocenters. The van der Waals surface area contributed by atoms with Crippen molar-refractivity contribution in [1.82, 2.24) is 4.98 Å². The van der Waals surface area contributed by atoms with E-state index >= 15 is 0 Å². The van der Waals surface area contributed by atoms with Crippen LogP contribution in [0.1, 0.15) is 47.3 Å². The maximum absolute atomic E-state index is 11.5. The minimum absolute atomic E-state index is 0.201. The minimum Gasteiger partial charge on any atom is -0.292 e. The van der Waals surface area contributed by atoms with Crippen LogP contribution in [-0.4, -0.2) is 10.8 Å². The monoisotopic (exact) mass is 197 g/mol. The minimum atomic E-state index is 0.201. The Morgan fingerprint density at radius 3 is 2.85 bits per heavy atom. The number of nitrogens with zero attached hydrogens (tertiary/aromatic N) is 1. The molecule has 0 spiro atoms. The summed E-state index contributed by atoms with van der Waals surface area (Å²) in [5.74, 6) is 0.201. The molecule has 0 aliphatic carbocycles. The average Bonchev–Trinajstić information content (AvgIpc) is 2.52. The number of thiazole rings is 1. The summed E-state index contributed by atoms with van der Waals surface area (Å²) in [5, 5.41) is 0.675. The van der Waals surface area contributed by atoms with Gasteiger partial charge in [0, 0.05) is 17.5 Å². The molecule has 0 saturated heterocycles. The summed E-state index contributed by atoms with van der Waals surface area (Å²) in [6.07, 6.45) is 5.70. The lowest BCUT2D eigenvalue weighted by atomic mass is 10.1. The standard InChI is InChI=1S/C10H15NOS/c1-3-4-5-6-9(12)10-11-7-8(2)13-10/h7H,3-6H2,1-2H3. The molecule has 13 heavy (non-hydrogen) atoms. The molecule has 0 fully saturated rings. The SMILES string of the molecule is CCCCCC(=O)c1ncc(C)s1. The fraction of sp³-hybridized carbons (Fsp3) is 0.600. The molecule has 0 N–H and O–H groups in total. The molecule has 3 heteroatoms. The summed E-state index contributed by atoms with van der Waals surface area (Å²) in [5.41, 5.74) is 0. The summed E-state index contributed by atoms with van der Waals surface area (Å²) in [4.78, 5) is 16.7. The largest absolute Gasteiger partial charge is 0.292 e. The highest BCUT2D eigenvalue weighted by Gasteiger charge is 2.08. The number of unbranched alkanes of at least 4 members (excludes halogenated alkanes) is 2. The van der Waals surface area contributed by atoms with Crippen LogP contribution < -0.4 is 0 Å². The first kappa shape index (κ1) is 10.4. The second kappa shape index (κ2) is 5.12. The number of hydrogen-bond acceptors (Lipinski definition) is 3. The number of aryl methyl sites for hydroxylation is 1. The summed E-state index contributed by atoms with van der Waals surface area (Å²) in [7, 11) is 0. The van der Waals surface area contributed by atoms with E-state index in [0.717, 1.165) is 24.1 Å². The predicted octanol–water partition coefficient (Wildman–Crippen LogP) is 3.21. The summed E-state index contributed by atoms with van der Waals surface area (Å²) in [6, 6.07) is 0. The maximum atomic E-state index is 11.5. The molecule has 2 nitrogen and oxygen atoms in total. The molecule has 0 bridgehead atoms. The quantitative estimate of drug-likeness (QED) is 0.536. The van der Waals surface area contributed by atoms with Crippen molar-refractivity contribution in [2.24, 2.45) is 0 Å². The smallest absolute Gasteiger partial charge is 0.191 e. The molecule has 0 aliphatic heterocycles. The van der Waals surface area contributed by atoms with Gasteiger partial charge in [0.05, 0.1) is 0 Å². The van der Waals surface area contributed by atoms with Gasteiger partial charge in [0.2, 0.25) is 0 Å². The van der Waals surface area contributed by atoms with Crippen LogP contribution in [0.2, 0.25) is 0 Å². The van der Waals surface area contributed by atoms with E-state index in [1.54, 1.807) is 6.20 Å². The Bertz CT molecular complexity index is 280. The molecule has 0 unspecified atom stereocenters. The molecule has 1 rings (SSSR count). The third-order valence-corrected chi connectivity index (χ3v) is 2.82. The Balaban J connectivity index is 2.40.